The molecule has 2 aromatic heterocycles. The summed E-state index contributed by atoms with van der Waals surface area (Å²) in [6.07, 6.45) is -0.371. The Bertz CT molecular complexity index is 1890. The van der Waals surface area contributed by atoms with Crippen LogP contribution in [0, 0.1) is 12.8 Å². The number of H-pyrrole nitrogens is 1. The van der Waals surface area contributed by atoms with Crippen molar-refractivity contribution in [3.8, 4) is 0 Å². The van der Waals surface area contributed by atoms with Crippen LogP contribution in [0.25, 0.3) is 11.2 Å². The molecule has 3 N–H and O–H groups in total. The second-order valence-electron chi connectivity index (χ2n) is 14.8. The van der Waals surface area contributed by atoms with Crippen molar-refractivity contribution in [2.24, 2.45) is 5.92 Å². The van der Waals surface area contributed by atoms with Crippen LogP contribution in [-0.4, -0.2) is 52.0 Å². The van der Waals surface area contributed by atoms with Gasteiger partial charge in [0.05, 0.1) is 24.0 Å². The first kappa shape index (κ1) is 35.4. The minimum absolute atomic E-state index is 0.0416. The third-order valence-electron chi connectivity index (χ3n) is 10.1. The zero-order valence-electron chi connectivity index (χ0n) is 29.8. The summed E-state index contributed by atoms with van der Waals surface area (Å²) in [6, 6.07) is 30.7. The van der Waals surface area contributed by atoms with E-state index in [9.17, 15) is 9.59 Å². The van der Waals surface area contributed by atoms with Crippen LogP contribution in [0.4, 0.5) is 5.95 Å². The molecule has 6 rings (SSSR count). The monoisotopic (exact) mass is 691 g/mol. The minimum atomic E-state index is -2.46. The fourth-order valence-electron chi connectivity index (χ4n) is 6.27. The molecule has 1 fully saturated rings. The van der Waals surface area contributed by atoms with E-state index in [0.717, 1.165) is 16.7 Å². The van der Waals surface area contributed by atoms with Crippen molar-refractivity contribution in [1.29, 1.82) is 0 Å². The highest BCUT2D eigenvalue weighted by molar-refractivity contribution is 6.74. The number of rotatable bonds is 10. The van der Waals surface area contributed by atoms with E-state index < -0.39 is 43.9 Å². The average molecular weight is 692 g/mol. The molecule has 10 nitrogen and oxygen atoms in total. The van der Waals surface area contributed by atoms with E-state index in [-0.39, 0.29) is 34.0 Å². The lowest BCUT2D eigenvalue weighted by Gasteiger charge is -2.44. The van der Waals surface area contributed by atoms with Crippen LogP contribution in [0.1, 0.15) is 57.5 Å². The predicted octanol–water partition coefficient (Wildman–Crippen LogP) is 6.79. The molecule has 5 aromatic rings. The van der Waals surface area contributed by atoms with Crippen molar-refractivity contribution in [2.45, 2.75) is 82.8 Å². The largest absolute Gasteiger partial charge is 0.408 e. The van der Waals surface area contributed by atoms with Gasteiger partial charge >= 0.3 is 0 Å². The predicted molar refractivity (Wildman–Crippen MR) is 199 cm³/mol. The van der Waals surface area contributed by atoms with E-state index in [0.29, 0.717) is 0 Å². The molecule has 0 bridgehead atoms. The van der Waals surface area contributed by atoms with E-state index in [1.807, 2.05) is 54.6 Å². The molecule has 0 spiro atoms. The van der Waals surface area contributed by atoms with Gasteiger partial charge in [-0.05, 0) is 41.7 Å². The highest BCUT2D eigenvalue weighted by Crippen LogP contribution is 2.45. The Morgan fingerprint density at radius 1 is 0.940 bits per heavy atom. The molecule has 11 heteroatoms. The number of fused-ring (bicyclic) bond motifs is 1. The molecule has 1 aliphatic heterocycles. The number of hydrogen-bond acceptors (Lipinski definition) is 7. The number of benzene rings is 3. The summed E-state index contributed by atoms with van der Waals surface area (Å²) in [6.45, 7) is 19.1. The smallest absolute Gasteiger partial charge is 0.280 e. The van der Waals surface area contributed by atoms with Gasteiger partial charge in [0.1, 0.15) is 6.10 Å². The summed E-state index contributed by atoms with van der Waals surface area (Å²) in [4.78, 5) is 37.5. The highest BCUT2D eigenvalue weighted by Gasteiger charge is 2.53. The molecular weight excluding hydrogens is 645 g/mol. The number of aromatic nitrogens is 4. The number of nitrogens with zero attached hydrogens (tertiary/aromatic N) is 3. The quantitative estimate of drug-likeness (QED) is 0.109. The Kier molecular flexibility index (Phi) is 9.71. The standard InChI is InChI=1S/C39H47N6O4Si/c1-25(2)34(46)42-37-41-33-31(35(47)43-37)40-24-45(33)36-32(49-50(7,8)38(4,5)6)30(26(3)48-36)44-39(27-18-12-9-13-19-27,28-20-14-10-15-21-28)29-22-16-11-17-23-29/h9-26,30,32,36,44H,3H2,1-2,4-8H3,(H2,41,42,43,46,47)/t26-,30?,32-,36-/m1/s1. The molecule has 0 aliphatic carbocycles. The summed E-state index contributed by atoms with van der Waals surface area (Å²) in [5, 5.41) is 6.67. The van der Waals surface area contributed by atoms with Crippen LogP contribution in [0.3, 0.4) is 0 Å². The van der Waals surface area contributed by atoms with Gasteiger partial charge in [-0.15, -0.1) is 0 Å². The summed E-state index contributed by atoms with van der Waals surface area (Å²) in [5.41, 5.74) is 2.26. The molecule has 0 saturated carbocycles. The van der Waals surface area contributed by atoms with Crippen LogP contribution >= 0.6 is 0 Å². The second-order valence-corrected chi connectivity index (χ2v) is 19.6. The van der Waals surface area contributed by atoms with E-state index in [4.69, 9.17) is 9.16 Å². The van der Waals surface area contributed by atoms with E-state index in [1.165, 1.54) is 0 Å². The summed E-state index contributed by atoms with van der Waals surface area (Å²) in [7, 11) is -2.46. The zero-order chi connectivity index (χ0) is 35.8. The van der Waals surface area contributed by atoms with Gasteiger partial charge in [-0.1, -0.05) is 126 Å². The van der Waals surface area contributed by atoms with Crippen molar-refractivity contribution in [3.63, 3.8) is 0 Å². The average Bonchev–Trinajstić information content (AvgIpc) is 3.64. The van der Waals surface area contributed by atoms with Crippen molar-refractivity contribution in [1.82, 2.24) is 24.8 Å². The lowest BCUT2D eigenvalue weighted by atomic mass is 9.76. The lowest BCUT2D eigenvalue weighted by molar-refractivity contribution is -0.118. The highest BCUT2D eigenvalue weighted by atomic mass is 28.4. The number of amides is 1. The molecule has 1 saturated heterocycles. The van der Waals surface area contributed by atoms with E-state index in [2.05, 4.69) is 103 Å². The number of aromatic amines is 1. The molecule has 3 aromatic carbocycles. The second kappa shape index (κ2) is 13.7. The first-order valence-electron chi connectivity index (χ1n) is 17.1. The molecule has 4 atom stereocenters. The van der Waals surface area contributed by atoms with Gasteiger partial charge < -0.3 is 9.16 Å². The summed E-state index contributed by atoms with van der Waals surface area (Å²) >= 11 is 0. The molecule has 3 heterocycles. The van der Waals surface area contributed by atoms with Crippen LogP contribution in [0.15, 0.2) is 102 Å². The van der Waals surface area contributed by atoms with Crippen LogP contribution < -0.4 is 16.2 Å². The number of imidazole rings is 1. The fourth-order valence-corrected chi connectivity index (χ4v) is 7.57. The molecule has 1 radical (unpaired) electrons. The van der Waals surface area contributed by atoms with E-state index >= 15 is 0 Å². The first-order chi connectivity index (χ1) is 23.7. The Morgan fingerprint density at radius 3 is 1.94 bits per heavy atom. The Balaban J connectivity index is 1.53. The van der Waals surface area contributed by atoms with Crippen LogP contribution in [-0.2, 0) is 19.5 Å². The third kappa shape index (κ3) is 6.58. The maximum Gasteiger partial charge on any atom is 0.280 e. The summed E-state index contributed by atoms with van der Waals surface area (Å²) < 4.78 is 15.8. The van der Waals surface area contributed by atoms with Gasteiger partial charge in [-0.25, -0.2) is 4.98 Å². The molecule has 1 aliphatic rings. The Morgan fingerprint density at radius 2 is 1.46 bits per heavy atom. The fraction of sp³-hybridized carbons (Fsp3) is 0.359. The Labute approximate surface area is 294 Å². The summed E-state index contributed by atoms with van der Waals surface area (Å²) in [5.74, 6) is -0.532. The van der Waals surface area contributed by atoms with Crippen LogP contribution in [0.2, 0.25) is 18.1 Å². The van der Waals surface area contributed by atoms with Gasteiger partial charge in [0.2, 0.25) is 11.9 Å². The number of nitrogens with one attached hydrogen (secondary N) is 3. The maximum absolute atomic E-state index is 13.2. The van der Waals surface area contributed by atoms with Crippen molar-refractivity contribution in [3.05, 3.63) is 131 Å². The molecular formula is C39H47N6O4Si. The number of ether oxygens (including phenoxy) is 1. The molecule has 50 heavy (non-hydrogen) atoms. The van der Waals surface area contributed by atoms with Crippen LogP contribution in [0.5, 0.6) is 0 Å². The third-order valence-corrected chi connectivity index (χ3v) is 14.5. The van der Waals surface area contributed by atoms with Crippen molar-refractivity contribution in [2.75, 3.05) is 5.32 Å². The first-order valence-corrected chi connectivity index (χ1v) is 20.0. The topological polar surface area (TPSA) is 123 Å². The number of anilines is 1. The molecule has 1 unspecified atom stereocenters. The minimum Gasteiger partial charge on any atom is -0.408 e. The van der Waals surface area contributed by atoms with Crippen molar-refractivity contribution < 1.29 is 14.0 Å². The Hall–Kier alpha value is -4.42. The maximum atomic E-state index is 13.2. The molecule has 1 amide bonds. The molecule has 261 valence electrons. The van der Waals surface area contributed by atoms with Gasteiger partial charge in [0.15, 0.2) is 25.7 Å². The van der Waals surface area contributed by atoms with Gasteiger partial charge in [0.25, 0.3) is 5.56 Å². The number of carbonyl (C=O) groups is 1. The lowest BCUT2D eigenvalue weighted by Crippen LogP contribution is -2.58. The normalized spacial score (nSPS) is 20.0. The van der Waals surface area contributed by atoms with Gasteiger partial charge in [0, 0.05) is 5.92 Å². The van der Waals surface area contributed by atoms with Gasteiger partial charge in [-0.3, -0.25) is 29.8 Å². The van der Waals surface area contributed by atoms with Crippen molar-refractivity contribution >= 4 is 31.3 Å². The number of hydrogen-bond donors (Lipinski definition) is 3. The zero-order valence-corrected chi connectivity index (χ0v) is 30.8. The number of carbonyl (C=O) groups excluding carboxylic acids is 1. The SMILES string of the molecule is [CH2][C@H]1O[C@@H](n2cnc3c(=O)[nH]c(NC(=O)C(C)C)nc32)[C@H](O[Si](C)(C)C(C)(C)C)C1NC(c1ccccc1)(c1ccccc1)c1ccccc1. The van der Waals surface area contributed by atoms with E-state index in [1.54, 1.807) is 24.7 Å². The van der Waals surface area contributed by atoms with Gasteiger partial charge in [-0.2, -0.15) is 4.98 Å².